The molecular formula is C80H112N16O20S2. The number of amides is 9. The molecule has 0 aliphatic carbocycles. The van der Waals surface area contributed by atoms with Gasteiger partial charge in [-0.25, -0.2) is 4.79 Å². The van der Waals surface area contributed by atoms with Crippen LogP contribution in [0.3, 0.4) is 0 Å². The number of aliphatic imine (C=N–C) groups is 1. The minimum atomic E-state index is -1.86. The van der Waals surface area contributed by atoms with Crippen molar-refractivity contribution in [1.29, 1.82) is 0 Å². The molecule has 2 aromatic heterocycles. The fraction of sp³-hybridized carbons (Fsp3) is 0.588. The number of hydrogen-bond donors (Lipinski definition) is 15. The van der Waals surface area contributed by atoms with Gasteiger partial charge < -0.3 is 85.1 Å². The first kappa shape index (κ1) is 94.5. The number of primary amides is 2. The van der Waals surface area contributed by atoms with Gasteiger partial charge in [0.25, 0.3) is 0 Å². The number of aromatic nitrogens is 4. The monoisotopic (exact) mass is 1680 g/mol. The van der Waals surface area contributed by atoms with Gasteiger partial charge in [-0.2, -0.15) is 0 Å². The number of aliphatic hydroxyl groups is 1. The minimum absolute atomic E-state index is 0.0208. The topological polar surface area (TPSA) is 592 Å². The van der Waals surface area contributed by atoms with E-state index in [0.29, 0.717) is 34.9 Å². The molecule has 4 bridgehead atoms. The first-order chi connectivity index (χ1) is 56.3. The summed E-state index contributed by atoms with van der Waals surface area (Å²) < 4.78 is 1.31. The molecule has 36 nitrogen and oxygen atoms in total. The number of Topliss-reactive ketones (excluding diaryl/α,β-unsaturated/α-hetero) is 6. The van der Waals surface area contributed by atoms with Crippen LogP contribution in [-0.4, -0.2) is 219 Å². The third kappa shape index (κ3) is 30.7. The number of H-pyrrole nitrogens is 1. The van der Waals surface area contributed by atoms with Crippen molar-refractivity contribution in [2.45, 2.75) is 230 Å². The average Bonchev–Trinajstić information content (AvgIpc) is 1.64. The Morgan fingerprint density at radius 3 is 2.03 bits per heavy atom. The van der Waals surface area contributed by atoms with Crippen molar-refractivity contribution in [3.05, 3.63) is 77.7 Å². The van der Waals surface area contributed by atoms with Gasteiger partial charge in [-0.1, -0.05) is 89.7 Å². The van der Waals surface area contributed by atoms with E-state index >= 15 is 33.6 Å². The lowest BCUT2D eigenvalue weighted by Crippen LogP contribution is -2.52. The van der Waals surface area contributed by atoms with Crippen molar-refractivity contribution in [2.75, 3.05) is 31.1 Å². The third-order valence-electron chi connectivity index (χ3n) is 21.4. The summed E-state index contributed by atoms with van der Waals surface area (Å²) in [7, 11) is 1.94. The van der Waals surface area contributed by atoms with E-state index in [1.54, 1.807) is 30.5 Å². The van der Waals surface area contributed by atoms with E-state index in [1.165, 1.54) is 35.1 Å². The van der Waals surface area contributed by atoms with Crippen LogP contribution in [0.1, 0.15) is 178 Å². The summed E-state index contributed by atoms with van der Waals surface area (Å²) >= 11 is 0. The molecule has 3 aliphatic heterocycles. The predicted molar refractivity (Wildman–Crippen MR) is 435 cm³/mol. The first-order valence-corrected chi connectivity index (χ1v) is 42.7. The van der Waals surface area contributed by atoms with Crippen LogP contribution in [0.15, 0.2) is 65.9 Å². The SMILES string of the molecule is CCCCCCCC(=O)N[C@H]1CSSC[C@@H]2NC(=O)[C@H](CCCN=C(N)N)CC(=O)[C@@H]3CCCN3C(=O)[C@H](CC(=O)O)CC(=O)[C@H]([C@@H](C)O)NC(=O)[C@@H](CC1=O)Cc1cn(nn1)CCC[C@@H](C(=O)C[C@@H](Cc1ccc(O)cc1)C(=O)O)NC(=O)[C@H](CCC(N)=O)CC(=O)[C@H](Cc1c[nH]c3ccccc13)NC(=O)[C@H](CCCNC(N)=O)CC2=O. The lowest BCUT2D eigenvalue weighted by atomic mass is 9.88. The summed E-state index contributed by atoms with van der Waals surface area (Å²) in [6.07, 6.45) is -2.30. The number of ketones is 6. The number of guanidine groups is 1. The maximum Gasteiger partial charge on any atom is 0.312 e. The zero-order chi connectivity index (χ0) is 86.1. The molecule has 5 heterocycles. The van der Waals surface area contributed by atoms with E-state index in [0.717, 1.165) is 52.7 Å². The summed E-state index contributed by atoms with van der Waals surface area (Å²) in [5, 5.41) is 67.6. The number of phenolic OH excluding ortho intramolecular Hbond substituents is 1. The zero-order valence-corrected chi connectivity index (χ0v) is 68.2. The largest absolute Gasteiger partial charge is 0.508 e. The van der Waals surface area contributed by atoms with Crippen LogP contribution in [0.25, 0.3) is 10.9 Å². The van der Waals surface area contributed by atoms with Crippen molar-refractivity contribution in [1.82, 2.24) is 56.8 Å². The van der Waals surface area contributed by atoms with E-state index in [9.17, 15) is 63.6 Å². The zero-order valence-electron chi connectivity index (χ0n) is 66.6. The molecule has 2 fully saturated rings. The number of nitrogens with one attached hydrogen (secondary N) is 7. The number of carboxylic acid groups (broad SMARTS) is 2. The maximum atomic E-state index is 15.6. The van der Waals surface area contributed by atoms with Gasteiger partial charge in [-0.15, -0.1) is 5.10 Å². The maximum absolute atomic E-state index is 15.6. The quantitative estimate of drug-likeness (QED) is 0.0161. The van der Waals surface area contributed by atoms with Gasteiger partial charge in [-0.3, -0.25) is 81.6 Å². The third-order valence-corrected chi connectivity index (χ3v) is 23.9. The molecule has 13 atom stereocenters. The highest BCUT2D eigenvalue weighted by Crippen LogP contribution is 2.32. The number of benzene rings is 2. The summed E-state index contributed by atoms with van der Waals surface area (Å²) in [5.41, 5.74) is 24.1. The summed E-state index contributed by atoms with van der Waals surface area (Å²) in [6, 6.07) is 2.54. The Bertz CT molecular complexity index is 4230. The lowest BCUT2D eigenvalue weighted by Gasteiger charge is -2.30. The van der Waals surface area contributed by atoms with Crippen molar-refractivity contribution in [3.8, 4) is 5.75 Å². The number of carbonyl (C=O) groups excluding carboxylic acids is 14. The summed E-state index contributed by atoms with van der Waals surface area (Å²) in [6.45, 7) is 2.81. The highest BCUT2D eigenvalue weighted by atomic mass is 33.1. The number of phenols is 1. The number of aromatic amines is 1. The van der Waals surface area contributed by atoms with Crippen LogP contribution >= 0.6 is 21.6 Å². The van der Waals surface area contributed by atoms with Crippen molar-refractivity contribution in [2.24, 2.45) is 63.4 Å². The molecular weight excluding hydrogens is 1570 g/mol. The van der Waals surface area contributed by atoms with Crippen LogP contribution in [0.5, 0.6) is 5.75 Å². The number of aliphatic carboxylic acids is 2. The number of fused-ring (bicyclic) bond motifs is 12. The molecule has 2 aromatic carbocycles. The van der Waals surface area contributed by atoms with Gasteiger partial charge in [0.2, 0.25) is 41.4 Å². The smallest absolute Gasteiger partial charge is 0.312 e. The highest BCUT2D eigenvalue weighted by Gasteiger charge is 2.43. The molecule has 4 aromatic rings. The number of aryl methyl sites for hydroxylation is 1. The molecule has 19 N–H and O–H groups in total. The van der Waals surface area contributed by atoms with Gasteiger partial charge >= 0.3 is 18.0 Å². The number of aromatic hydroxyl groups is 1. The van der Waals surface area contributed by atoms with Crippen molar-refractivity contribution < 1.29 is 97.1 Å². The molecule has 2 saturated heterocycles. The Hall–Kier alpha value is -10.6. The normalized spacial score (nSPS) is 23.7. The molecule has 0 spiro atoms. The molecule has 118 heavy (non-hydrogen) atoms. The Balaban J connectivity index is 1.41. The Morgan fingerprint density at radius 1 is 0.678 bits per heavy atom. The fourth-order valence-electron chi connectivity index (χ4n) is 14.9. The van der Waals surface area contributed by atoms with Gasteiger partial charge in [0.05, 0.1) is 66.2 Å². The van der Waals surface area contributed by atoms with Gasteiger partial charge in [0, 0.05) is 143 Å². The molecule has 9 amide bonds. The number of aliphatic hydroxyl groups excluding tert-OH is 1. The van der Waals surface area contributed by atoms with Crippen molar-refractivity contribution in [3.63, 3.8) is 0 Å². The highest BCUT2D eigenvalue weighted by molar-refractivity contribution is 8.76. The molecule has 0 unspecified atom stereocenters. The number of para-hydroxylation sites is 1. The Morgan fingerprint density at radius 2 is 1.34 bits per heavy atom. The van der Waals surface area contributed by atoms with Crippen molar-refractivity contribution >= 4 is 132 Å². The van der Waals surface area contributed by atoms with Gasteiger partial charge in [0.15, 0.2) is 40.7 Å². The van der Waals surface area contributed by atoms with E-state index in [2.05, 4.69) is 52.2 Å². The number of carboxylic acids is 2. The van der Waals surface area contributed by atoms with Crippen LogP contribution in [-0.2, 0) is 97.7 Å². The second-order valence-electron chi connectivity index (χ2n) is 30.7. The van der Waals surface area contributed by atoms with Gasteiger partial charge in [0.1, 0.15) is 11.8 Å². The second kappa shape index (κ2) is 47.7. The number of nitrogens with two attached hydrogens (primary N) is 4. The molecule has 38 heteroatoms. The van der Waals surface area contributed by atoms with Gasteiger partial charge in [-0.05, 0) is 107 Å². The fourth-order valence-corrected chi connectivity index (χ4v) is 17.3. The number of carbonyl (C=O) groups is 16. The van der Waals surface area contributed by atoms with Crippen LogP contribution in [0, 0.1) is 35.5 Å². The predicted octanol–water partition coefficient (Wildman–Crippen LogP) is 2.62. The number of rotatable bonds is 29. The number of hydrogen-bond acceptors (Lipinski definition) is 23. The first-order valence-electron chi connectivity index (χ1n) is 40.2. The molecule has 0 radical (unpaired) electrons. The van der Waals surface area contributed by atoms with E-state index in [-0.39, 0.29) is 132 Å². The van der Waals surface area contributed by atoms with E-state index < -0.39 is 230 Å². The number of unbranched alkanes of at least 4 members (excludes halogenated alkanes) is 4. The second-order valence-corrected chi connectivity index (χ2v) is 33.3. The van der Waals surface area contributed by atoms with Crippen LogP contribution < -0.4 is 54.8 Å². The molecule has 644 valence electrons. The number of nitrogens with zero attached hydrogens (tertiary/aromatic N) is 5. The Labute approximate surface area is 690 Å². The summed E-state index contributed by atoms with van der Waals surface area (Å²) in [4.78, 5) is 239. The average molecular weight is 1680 g/mol. The molecule has 7 rings (SSSR count). The number of urea groups is 1. The Kier molecular flexibility index (Phi) is 38.2. The van der Waals surface area contributed by atoms with Crippen LogP contribution in [0.4, 0.5) is 4.79 Å². The standard InChI is InChI=1S/C80H112N16O20S2/c1-3-4-5-6-7-20-70(106)88-60-43-117-118-44-61-65(101)34-47(15-11-28-86-80(84)116)73(109)90-59(33-53-41-87-57-17-9-8-16-56(53)57)64(100)35-49(23-26-69(81)105)75(111)89-58(63(99)39-52(78(114)115)31-46-21-24-55(98)25-22-46)18-12-29-95-42-54(93-94-95)32-50(37-66(60)102)76(112)92-72(45(2)97)68(104)38-51(40-71(107)108)77(113)96-30-13-19-62(96)67(103)36-48(74(110)91-61)14-10-27-85-79(82)83/h8-9,16-17,21-22,24-25,41-42,45,47-52,58-62,72,87,97-98H,3-7,10-15,18-20,23,26-40,43-44H2,1-2H3,(H2,81,105)(H,88,106)(H,89,111)(H,90,109)(H,91,110)(H,92,112)(H,107,108)(H,114,115)(H4,82,83,85)(H3,84,86,116)/t45-,47-,48-,49-,50-,51+,52-,58+,59+,60+,61+,62+,72+/m1/s1. The molecule has 0 saturated carbocycles. The van der Waals surface area contributed by atoms with Crippen LogP contribution in [0.2, 0.25) is 0 Å². The summed E-state index contributed by atoms with van der Waals surface area (Å²) in [5.74, 6) is -23.6. The van der Waals surface area contributed by atoms with E-state index in [4.69, 9.17) is 22.9 Å². The molecule has 3 aliphatic rings. The van der Waals surface area contributed by atoms with E-state index in [1.807, 2.05) is 6.92 Å². The minimum Gasteiger partial charge on any atom is -0.508 e. The lowest BCUT2D eigenvalue weighted by molar-refractivity contribution is -0.148.